The smallest absolute Gasteiger partial charge is 0.335 e. The molecule has 2 rings (SSSR count). The highest BCUT2D eigenvalue weighted by atomic mass is 35.5. The largest absolute Gasteiger partial charge is 0.478 e. The van der Waals surface area contributed by atoms with Crippen molar-refractivity contribution < 1.29 is 14.7 Å². The van der Waals surface area contributed by atoms with Gasteiger partial charge in [0.2, 0.25) is 0 Å². The van der Waals surface area contributed by atoms with Crippen molar-refractivity contribution in [1.82, 2.24) is 0 Å². The predicted octanol–water partition coefficient (Wildman–Crippen LogP) is 4.19. The lowest BCUT2D eigenvalue weighted by Gasteiger charge is -1.91. The van der Waals surface area contributed by atoms with Crippen LogP contribution in [-0.2, 0) is 0 Å². The number of aldehydes is 1. The Hall–Kier alpha value is -1.84. The Kier molecular flexibility index (Phi) is 6.06. The second-order valence-electron chi connectivity index (χ2n) is 3.48. The van der Waals surface area contributed by atoms with Gasteiger partial charge in [-0.25, -0.2) is 4.79 Å². The van der Waals surface area contributed by atoms with Gasteiger partial charge in [-0.3, -0.25) is 4.79 Å². The molecule has 1 N–H and O–H groups in total. The molecule has 2 aromatic rings. The highest BCUT2D eigenvalue weighted by Gasteiger charge is 1.99. The average molecular weight is 297 g/mol. The van der Waals surface area contributed by atoms with Crippen LogP contribution in [0.1, 0.15) is 20.7 Å². The Morgan fingerprint density at radius 3 is 1.68 bits per heavy atom. The first-order valence-corrected chi connectivity index (χ1v) is 5.98. The number of hydrogen-bond donors (Lipinski definition) is 1. The van der Waals surface area contributed by atoms with Crippen molar-refractivity contribution in [2.24, 2.45) is 0 Å². The van der Waals surface area contributed by atoms with E-state index in [0.29, 0.717) is 15.6 Å². The highest BCUT2D eigenvalue weighted by Crippen LogP contribution is 2.09. The van der Waals surface area contributed by atoms with E-state index in [1.54, 1.807) is 36.4 Å². The molecule has 98 valence electrons. The van der Waals surface area contributed by atoms with Gasteiger partial charge in [-0.05, 0) is 36.4 Å². The van der Waals surface area contributed by atoms with Gasteiger partial charge in [0.1, 0.15) is 6.29 Å². The van der Waals surface area contributed by atoms with Crippen molar-refractivity contribution in [3.63, 3.8) is 0 Å². The summed E-state index contributed by atoms with van der Waals surface area (Å²) in [7, 11) is 0. The standard InChI is InChI=1S/C7H5ClO2.C7H5ClO/c8-6-3-1-5(2-4-6)7(9)10;8-7-3-1-6(5-9)2-4-7/h1-4H,(H,9,10);1-5H. The lowest BCUT2D eigenvalue weighted by molar-refractivity contribution is 0.0696. The minimum absolute atomic E-state index is 0.254. The summed E-state index contributed by atoms with van der Waals surface area (Å²) in [5.74, 6) is -0.934. The summed E-state index contributed by atoms with van der Waals surface area (Å²) in [6.07, 6.45) is 0.788. The van der Waals surface area contributed by atoms with Crippen molar-refractivity contribution in [1.29, 1.82) is 0 Å². The molecular formula is C14H10Cl2O3. The number of benzene rings is 2. The van der Waals surface area contributed by atoms with Crippen LogP contribution in [0.5, 0.6) is 0 Å². The number of carboxylic acids is 1. The Labute approximate surface area is 120 Å². The van der Waals surface area contributed by atoms with Crippen LogP contribution in [0.4, 0.5) is 0 Å². The summed E-state index contributed by atoms with van der Waals surface area (Å²) in [5.41, 5.74) is 0.906. The molecule has 0 bridgehead atoms. The van der Waals surface area contributed by atoms with E-state index in [2.05, 4.69) is 0 Å². The van der Waals surface area contributed by atoms with Gasteiger partial charge in [0.25, 0.3) is 0 Å². The number of aromatic carboxylic acids is 1. The van der Waals surface area contributed by atoms with Gasteiger partial charge in [-0.15, -0.1) is 0 Å². The maximum Gasteiger partial charge on any atom is 0.335 e. The quantitative estimate of drug-likeness (QED) is 0.845. The molecule has 0 unspecified atom stereocenters. The van der Waals surface area contributed by atoms with Crippen LogP contribution in [-0.4, -0.2) is 17.4 Å². The fourth-order valence-corrected chi connectivity index (χ4v) is 1.39. The van der Waals surface area contributed by atoms with Crippen molar-refractivity contribution in [3.8, 4) is 0 Å². The third-order valence-corrected chi connectivity index (χ3v) is 2.60. The number of carboxylic acid groups (broad SMARTS) is 1. The molecular weight excluding hydrogens is 287 g/mol. The van der Waals surface area contributed by atoms with Crippen molar-refractivity contribution in [2.75, 3.05) is 0 Å². The van der Waals surface area contributed by atoms with Gasteiger partial charge >= 0.3 is 5.97 Å². The minimum atomic E-state index is -0.934. The van der Waals surface area contributed by atoms with Gasteiger partial charge in [-0.2, -0.15) is 0 Å². The second kappa shape index (κ2) is 7.56. The van der Waals surface area contributed by atoms with Crippen LogP contribution in [0.3, 0.4) is 0 Å². The van der Waals surface area contributed by atoms with E-state index >= 15 is 0 Å². The average Bonchev–Trinajstić information content (AvgIpc) is 2.41. The summed E-state index contributed by atoms with van der Waals surface area (Å²) >= 11 is 11.1. The Morgan fingerprint density at radius 2 is 1.32 bits per heavy atom. The molecule has 0 aliphatic carbocycles. The third kappa shape index (κ3) is 5.55. The van der Waals surface area contributed by atoms with E-state index in [0.717, 1.165) is 6.29 Å². The van der Waals surface area contributed by atoms with Crippen molar-refractivity contribution >= 4 is 35.5 Å². The number of rotatable bonds is 2. The van der Waals surface area contributed by atoms with Gasteiger partial charge < -0.3 is 5.11 Å². The van der Waals surface area contributed by atoms with E-state index in [1.807, 2.05) is 0 Å². The maximum absolute atomic E-state index is 10.3. The number of carbonyl (C=O) groups is 2. The molecule has 0 saturated carbocycles. The monoisotopic (exact) mass is 296 g/mol. The summed E-state index contributed by atoms with van der Waals surface area (Å²) in [5, 5.41) is 9.63. The number of hydrogen-bond acceptors (Lipinski definition) is 2. The molecule has 0 aromatic heterocycles. The zero-order valence-corrected chi connectivity index (χ0v) is 11.2. The predicted molar refractivity (Wildman–Crippen MR) is 75.3 cm³/mol. The SMILES string of the molecule is O=C(O)c1ccc(Cl)cc1.O=Cc1ccc(Cl)cc1. The van der Waals surface area contributed by atoms with Crippen LogP contribution in [0.2, 0.25) is 10.0 Å². The van der Waals surface area contributed by atoms with Crippen LogP contribution in [0.25, 0.3) is 0 Å². The molecule has 0 fully saturated rings. The summed E-state index contributed by atoms with van der Waals surface area (Å²) in [6.45, 7) is 0. The summed E-state index contributed by atoms with van der Waals surface area (Å²) in [6, 6.07) is 12.7. The Morgan fingerprint density at radius 1 is 0.895 bits per heavy atom. The molecule has 0 spiro atoms. The van der Waals surface area contributed by atoms with Gasteiger partial charge in [0, 0.05) is 15.6 Å². The molecule has 0 radical (unpaired) electrons. The molecule has 0 saturated heterocycles. The lowest BCUT2D eigenvalue weighted by atomic mass is 10.2. The molecule has 0 atom stereocenters. The summed E-state index contributed by atoms with van der Waals surface area (Å²) < 4.78 is 0. The number of carbonyl (C=O) groups excluding carboxylic acids is 1. The normalized spacial score (nSPS) is 9.16. The van der Waals surface area contributed by atoms with Crippen LogP contribution in [0, 0.1) is 0 Å². The topological polar surface area (TPSA) is 54.4 Å². The zero-order chi connectivity index (χ0) is 14.3. The molecule has 0 aliphatic rings. The molecule has 5 heteroatoms. The first-order chi connectivity index (χ1) is 9.02. The van der Waals surface area contributed by atoms with E-state index < -0.39 is 5.97 Å². The third-order valence-electron chi connectivity index (χ3n) is 2.10. The second-order valence-corrected chi connectivity index (χ2v) is 4.35. The van der Waals surface area contributed by atoms with Crippen LogP contribution >= 0.6 is 23.2 Å². The maximum atomic E-state index is 10.3. The van der Waals surface area contributed by atoms with E-state index in [4.69, 9.17) is 28.3 Å². The van der Waals surface area contributed by atoms with E-state index in [9.17, 15) is 9.59 Å². The van der Waals surface area contributed by atoms with Crippen molar-refractivity contribution in [2.45, 2.75) is 0 Å². The molecule has 0 heterocycles. The van der Waals surface area contributed by atoms with Gasteiger partial charge in [0.05, 0.1) is 5.56 Å². The van der Waals surface area contributed by atoms with Gasteiger partial charge in [-0.1, -0.05) is 35.3 Å². The minimum Gasteiger partial charge on any atom is -0.478 e. The first kappa shape index (κ1) is 15.2. The molecule has 2 aromatic carbocycles. The molecule has 3 nitrogen and oxygen atoms in total. The highest BCUT2D eigenvalue weighted by molar-refractivity contribution is 6.30. The van der Waals surface area contributed by atoms with Gasteiger partial charge in [0.15, 0.2) is 0 Å². The van der Waals surface area contributed by atoms with Crippen LogP contribution < -0.4 is 0 Å². The van der Waals surface area contributed by atoms with E-state index in [-0.39, 0.29) is 5.56 Å². The Bertz CT molecular complexity index is 548. The fraction of sp³-hybridized carbons (Fsp3) is 0. The van der Waals surface area contributed by atoms with E-state index in [1.165, 1.54) is 12.1 Å². The Balaban J connectivity index is 0.000000191. The summed E-state index contributed by atoms with van der Waals surface area (Å²) in [4.78, 5) is 20.3. The van der Waals surface area contributed by atoms with Crippen molar-refractivity contribution in [3.05, 3.63) is 69.7 Å². The molecule has 0 amide bonds. The molecule has 0 aliphatic heterocycles. The van der Waals surface area contributed by atoms with Crippen LogP contribution in [0.15, 0.2) is 48.5 Å². The first-order valence-electron chi connectivity index (χ1n) is 5.22. The zero-order valence-electron chi connectivity index (χ0n) is 9.72. The fourth-order valence-electron chi connectivity index (χ4n) is 1.13. The lowest BCUT2D eigenvalue weighted by Crippen LogP contribution is -1.94. The molecule has 19 heavy (non-hydrogen) atoms. The number of halogens is 2.